The minimum Gasteiger partial charge on any atom is -0.222 e. The maximum atomic E-state index is 5.71. The molecule has 0 amide bonds. The summed E-state index contributed by atoms with van der Waals surface area (Å²) in [5, 5.41) is 7.39. The van der Waals surface area contributed by atoms with E-state index in [2.05, 4.69) is 16.1 Å². The van der Waals surface area contributed by atoms with Crippen molar-refractivity contribution in [2.24, 2.45) is 0 Å². The van der Waals surface area contributed by atoms with E-state index in [0.29, 0.717) is 11.8 Å². The van der Waals surface area contributed by atoms with E-state index in [9.17, 15) is 0 Å². The van der Waals surface area contributed by atoms with Crippen LogP contribution in [-0.2, 0) is 5.88 Å². The molecule has 0 radical (unpaired) electrons. The van der Waals surface area contributed by atoms with Gasteiger partial charge in [0.2, 0.25) is 5.13 Å². The zero-order valence-electron chi connectivity index (χ0n) is 8.06. The maximum absolute atomic E-state index is 5.71. The second-order valence-electron chi connectivity index (χ2n) is 3.71. The van der Waals surface area contributed by atoms with Gasteiger partial charge in [-0.2, -0.15) is 5.10 Å². The van der Waals surface area contributed by atoms with Crippen molar-refractivity contribution >= 4 is 22.9 Å². The molecule has 0 unspecified atom stereocenters. The molecule has 1 fully saturated rings. The molecule has 5 heteroatoms. The summed E-state index contributed by atoms with van der Waals surface area (Å²) < 4.78 is 1.84. The van der Waals surface area contributed by atoms with Crippen LogP contribution in [0.5, 0.6) is 0 Å². The van der Waals surface area contributed by atoms with Gasteiger partial charge in [-0.25, -0.2) is 9.67 Å². The largest absolute Gasteiger partial charge is 0.222 e. The summed E-state index contributed by atoms with van der Waals surface area (Å²) in [5.41, 5.74) is 2.11. The van der Waals surface area contributed by atoms with Gasteiger partial charge in [-0.3, -0.25) is 0 Å². The Bertz CT molecular complexity index is 472. The fourth-order valence-corrected chi connectivity index (χ4v) is 2.49. The first-order chi connectivity index (χ1) is 7.36. The molecule has 0 bridgehead atoms. The monoisotopic (exact) mass is 239 g/mol. The van der Waals surface area contributed by atoms with Crippen LogP contribution in [0.15, 0.2) is 17.6 Å². The van der Waals surface area contributed by atoms with E-state index in [0.717, 1.165) is 10.8 Å². The summed E-state index contributed by atoms with van der Waals surface area (Å²) in [6.07, 6.45) is 4.54. The van der Waals surface area contributed by atoms with Gasteiger partial charge < -0.3 is 0 Å². The number of hydrogen-bond acceptors (Lipinski definition) is 3. The van der Waals surface area contributed by atoms with Crippen molar-refractivity contribution in [3.05, 3.63) is 29.0 Å². The van der Waals surface area contributed by atoms with E-state index in [-0.39, 0.29) is 0 Å². The average molecular weight is 240 g/mol. The molecule has 0 atom stereocenters. The van der Waals surface area contributed by atoms with Crippen molar-refractivity contribution in [1.29, 1.82) is 0 Å². The van der Waals surface area contributed by atoms with Crippen LogP contribution >= 0.6 is 22.9 Å². The van der Waals surface area contributed by atoms with Crippen LogP contribution in [0.3, 0.4) is 0 Å². The van der Waals surface area contributed by atoms with Crippen molar-refractivity contribution in [1.82, 2.24) is 14.8 Å². The van der Waals surface area contributed by atoms with Crippen molar-refractivity contribution in [2.75, 3.05) is 0 Å². The van der Waals surface area contributed by atoms with E-state index in [1.807, 2.05) is 16.3 Å². The lowest BCUT2D eigenvalue weighted by atomic mass is 10.3. The summed E-state index contributed by atoms with van der Waals surface area (Å²) in [7, 11) is 0. The summed E-state index contributed by atoms with van der Waals surface area (Å²) in [5.74, 6) is 1.16. The Morgan fingerprint density at radius 3 is 3.07 bits per heavy atom. The number of rotatable bonds is 3. The number of halogens is 1. The molecule has 0 saturated heterocycles. The second kappa shape index (κ2) is 3.61. The van der Waals surface area contributed by atoms with E-state index in [1.165, 1.54) is 18.5 Å². The van der Waals surface area contributed by atoms with Gasteiger partial charge in [0.15, 0.2) is 0 Å². The minimum atomic E-state index is 0.466. The third-order valence-corrected chi connectivity index (χ3v) is 3.63. The van der Waals surface area contributed by atoms with Crippen LogP contribution in [0.25, 0.3) is 5.13 Å². The highest BCUT2D eigenvalue weighted by Gasteiger charge is 2.26. The first-order valence-electron chi connectivity index (χ1n) is 4.93. The zero-order valence-corrected chi connectivity index (χ0v) is 9.63. The molecule has 2 aromatic heterocycles. The smallest absolute Gasteiger partial charge is 0.210 e. The van der Waals surface area contributed by atoms with Crippen LogP contribution in [-0.4, -0.2) is 14.8 Å². The van der Waals surface area contributed by atoms with Gasteiger partial charge in [0, 0.05) is 17.5 Å². The highest BCUT2D eigenvalue weighted by molar-refractivity contribution is 7.12. The molecule has 2 aromatic rings. The van der Waals surface area contributed by atoms with Gasteiger partial charge in [0.25, 0.3) is 0 Å². The predicted molar refractivity (Wildman–Crippen MR) is 60.8 cm³/mol. The number of alkyl halides is 1. The lowest BCUT2D eigenvalue weighted by molar-refractivity contribution is 0.826. The van der Waals surface area contributed by atoms with Crippen LogP contribution < -0.4 is 0 Å². The van der Waals surface area contributed by atoms with Gasteiger partial charge in [-0.15, -0.1) is 22.9 Å². The SMILES string of the molecule is ClCc1csc(-n2ccc(C3CC3)n2)n1. The molecule has 15 heavy (non-hydrogen) atoms. The van der Waals surface area contributed by atoms with E-state index in [1.54, 1.807) is 11.3 Å². The molecule has 1 saturated carbocycles. The minimum absolute atomic E-state index is 0.466. The normalized spacial score (nSPS) is 15.8. The highest BCUT2D eigenvalue weighted by Crippen LogP contribution is 2.39. The molecular formula is C10H10ClN3S. The third-order valence-electron chi connectivity index (χ3n) is 2.48. The molecule has 78 valence electrons. The fraction of sp³-hybridized carbons (Fsp3) is 0.400. The molecule has 3 nitrogen and oxygen atoms in total. The molecule has 0 N–H and O–H groups in total. The van der Waals surface area contributed by atoms with Gasteiger partial charge in [0.05, 0.1) is 17.3 Å². The molecule has 3 rings (SSSR count). The average Bonchev–Trinajstić information content (AvgIpc) is 2.84. The Hall–Kier alpha value is -0.870. The predicted octanol–water partition coefficient (Wildman–Crippen LogP) is 2.95. The Morgan fingerprint density at radius 2 is 2.40 bits per heavy atom. The quantitative estimate of drug-likeness (QED) is 0.771. The molecule has 0 aliphatic heterocycles. The number of thiazole rings is 1. The third kappa shape index (κ3) is 1.79. The van der Waals surface area contributed by atoms with Gasteiger partial charge in [0.1, 0.15) is 0 Å². The Balaban J connectivity index is 1.90. The summed E-state index contributed by atoms with van der Waals surface area (Å²) in [6, 6.07) is 2.08. The van der Waals surface area contributed by atoms with E-state index >= 15 is 0 Å². The fourth-order valence-electron chi connectivity index (χ4n) is 1.50. The van der Waals surface area contributed by atoms with Crippen molar-refractivity contribution < 1.29 is 0 Å². The Labute approximate surface area is 96.7 Å². The summed E-state index contributed by atoms with van der Waals surface area (Å²) in [4.78, 5) is 4.38. The molecule has 1 aliphatic carbocycles. The molecular weight excluding hydrogens is 230 g/mol. The Kier molecular flexibility index (Phi) is 2.25. The first-order valence-corrected chi connectivity index (χ1v) is 6.34. The molecule has 2 heterocycles. The van der Waals surface area contributed by atoms with Gasteiger partial charge >= 0.3 is 0 Å². The van der Waals surface area contributed by atoms with Gasteiger partial charge in [-0.1, -0.05) is 0 Å². The molecule has 1 aliphatic rings. The van der Waals surface area contributed by atoms with Crippen LogP contribution in [0, 0.1) is 0 Å². The lowest BCUT2D eigenvalue weighted by Crippen LogP contribution is -1.95. The maximum Gasteiger partial charge on any atom is 0.210 e. The molecule has 0 spiro atoms. The number of aromatic nitrogens is 3. The van der Waals surface area contributed by atoms with Gasteiger partial charge in [-0.05, 0) is 18.9 Å². The van der Waals surface area contributed by atoms with Crippen LogP contribution in [0.4, 0.5) is 0 Å². The highest BCUT2D eigenvalue weighted by atomic mass is 35.5. The van der Waals surface area contributed by atoms with E-state index in [4.69, 9.17) is 11.6 Å². The standard InChI is InChI=1S/C10H10ClN3S/c11-5-8-6-15-10(12-8)14-4-3-9(13-14)7-1-2-7/h3-4,6-7H,1-2,5H2. The summed E-state index contributed by atoms with van der Waals surface area (Å²) in [6.45, 7) is 0. The molecule has 0 aromatic carbocycles. The topological polar surface area (TPSA) is 30.7 Å². The van der Waals surface area contributed by atoms with E-state index < -0.39 is 0 Å². The van der Waals surface area contributed by atoms with Crippen molar-refractivity contribution in [2.45, 2.75) is 24.6 Å². The van der Waals surface area contributed by atoms with Crippen molar-refractivity contribution in [3.63, 3.8) is 0 Å². The number of nitrogens with zero attached hydrogens (tertiary/aromatic N) is 3. The summed E-state index contributed by atoms with van der Waals surface area (Å²) >= 11 is 7.29. The van der Waals surface area contributed by atoms with Crippen molar-refractivity contribution in [3.8, 4) is 5.13 Å². The zero-order chi connectivity index (χ0) is 10.3. The lowest BCUT2D eigenvalue weighted by Gasteiger charge is -1.93. The second-order valence-corrected chi connectivity index (χ2v) is 4.82. The Morgan fingerprint density at radius 1 is 1.53 bits per heavy atom. The first kappa shape index (κ1) is 9.36. The van der Waals surface area contributed by atoms with Crippen LogP contribution in [0.2, 0.25) is 0 Å². The van der Waals surface area contributed by atoms with Crippen LogP contribution in [0.1, 0.15) is 30.1 Å². The number of hydrogen-bond donors (Lipinski definition) is 0.